The minimum atomic E-state index is 0.731. The zero-order valence-corrected chi connectivity index (χ0v) is 10.9. The molecule has 1 aromatic heterocycles. The molecule has 94 valence electrons. The highest BCUT2D eigenvalue weighted by molar-refractivity contribution is 6.32. The summed E-state index contributed by atoms with van der Waals surface area (Å²) in [6, 6.07) is 7.78. The topological polar surface area (TPSA) is 29.9 Å². The Hall–Kier alpha value is -1.32. The Morgan fingerprint density at radius 1 is 1.39 bits per heavy atom. The molecule has 1 saturated heterocycles. The van der Waals surface area contributed by atoms with Gasteiger partial charge < -0.3 is 5.32 Å². The number of hydrogen-bond donors (Lipinski definition) is 1. The Bertz CT molecular complexity index is 529. The Balaban J connectivity index is 1.79. The predicted octanol–water partition coefficient (Wildman–Crippen LogP) is 2.68. The number of rotatable bonds is 3. The maximum Gasteiger partial charge on any atom is 0.0831 e. The van der Waals surface area contributed by atoms with Crippen LogP contribution in [-0.2, 0) is 6.42 Å². The summed E-state index contributed by atoms with van der Waals surface area (Å²) in [5, 5.41) is 8.52. The summed E-state index contributed by atoms with van der Waals surface area (Å²) in [6.07, 6.45) is 6.38. The van der Waals surface area contributed by atoms with Crippen LogP contribution in [0.5, 0.6) is 0 Å². The van der Waals surface area contributed by atoms with E-state index in [9.17, 15) is 0 Å². The summed E-state index contributed by atoms with van der Waals surface area (Å²) in [7, 11) is 0. The molecule has 1 aromatic carbocycles. The Labute approximate surface area is 112 Å². The third-order valence-corrected chi connectivity index (χ3v) is 3.74. The van der Waals surface area contributed by atoms with Gasteiger partial charge in [0.15, 0.2) is 0 Å². The molecule has 0 saturated carbocycles. The van der Waals surface area contributed by atoms with Crippen LogP contribution >= 0.6 is 11.6 Å². The number of nitrogens with zero attached hydrogens (tertiary/aromatic N) is 2. The zero-order chi connectivity index (χ0) is 12.4. The van der Waals surface area contributed by atoms with Crippen LogP contribution in [0.15, 0.2) is 36.7 Å². The molecule has 3 rings (SSSR count). The van der Waals surface area contributed by atoms with Crippen molar-refractivity contribution in [1.29, 1.82) is 0 Å². The fourth-order valence-electron chi connectivity index (χ4n) is 2.46. The molecule has 3 nitrogen and oxygen atoms in total. The quantitative estimate of drug-likeness (QED) is 0.921. The normalized spacial score (nSPS) is 19.3. The van der Waals surface area contributed by atoms with Crippen LogP contribution in [0.1, 0.15) is 12.0 Å². The number of para-hydroxylation sites is 1. The number of hydrogen-bond acceptors (Lipinski definition) is 2. The van der Waals surface area contributed by atoms with E-state index in [1.165, 1.54) is 12.0 Å². The number of nitrogens with one attached hydrogen (secondary N) is 1. The van der Waals surface area contributed by atoms with E-state index in [0.29, 0.717) is 0 Å². The van der Waals surface area contributed by atoms with Crippen molar-refractivity contribution in [1.82, 2.24) is 15.1 Å². The van der Waals surface area contributed by atoms with Gasteiger partial charge in [0.1, 0.15) is 0 Å². The summed E-state index contributed by atoms with van der Waals surface area (Å²) in [6.45, 7) is 2.26. The molecule has 18 heavy (non-hydrogen) atoms. The van der Waals surface area contributed by atoms with Crippen LogP contribution in [0.25, 0.3) is 5.69 Å². The lowest BCUT2D eigenvalue weighted by atomic mass is 10.0. The van der Waals surface area contributed by atoms with Gasteiger partial charge in [-0.2, -0.15) is 5.10 Å². The Kier molecular flexibility index (Phi) is 3.35. The average molecular weight is 262 g/mol. The highest BCUT2D eigenvalue weighted by Crippen LogP contribution is 2.21. The molecule has 4 heteroatoms. The van der Waals surface area contributed by atoms with Crippen LogP contribution in [0.2, 0.25) is 5.02 Å². The van der Waals surface area contributed by atoms with Gasteiger partial charge in [-0.05, 0) is 49.5 Å². The van der Waals surface area contributed by atoms with Gasteiger partial charge >= 0.3 is 0 Å². The standard InChI is InChI=1S/C14H16ClN3/c15-13-3-1-2-4-14(13)18-10-12(9-17-18)7-11-5-6-16-8-11/h1-4,9-11,16H,5-8H2. The summed E-state index contributed by atoms with van der Waals surface area (Å²) >= 11 is 6.17. The average Bonchev–Trinajstić information content (AvgIpc) is 3.02. The monoisotopic (exact) mass is 261 g/mol. The van der Waals surface area contributed by atoms with Gasteiger partial charge in [-0.25, -0.2) is 4.68 Å². The smallest absolute Gasteiger partial charge is 0.0831 e. The van der Waals surface area contributed by atoms with Crippen LogP contribution < -0.4 is 5.32 Å². The lowest BCUT2D eigenvalue weighted by Crippen LogP contribution is -2.10. The largest absolute Gasteiger partial charge is 0.316 e. The molecule has 1 aliphatic heterocycles. The minimum Gasteiger partial charge on any atom is -0.316 e. The molecule has 0 spiro atoms. The van der Waals surface area contributed by atoms with Gasteiger partial charge in [-0.15, -0.1) is 0 Å². The summed E-state index contributed by atoms with van der Waals surface area (Å²) in [5.41, 5.74) is 2.22. The lowest BCUT2D eigenvalue weighted by molar-refractivity contribution is 0.580. The maximum atomic E-state index is 6.17. The predicted molar refractivity (Wildman–Crippen MR) is 73.3 cm³/mol. The van der Waals surface area contributed by atoms with Crippen molar-refractivity contribution in [2.45, 2.75) is 12.8 Å². The number of halogens is 1. The molecule has 1 aliphatic rings. The highest BCUT2D eigenvalue weighted by atomic mass is 35.5. The second-order valence-corrected chi connectivity index (χ2v) is 5.21. The third kappa shape index (κ3) is 2.42. The lowest BCUT2D eigenvalue weighted by Gasteiger charge is -2.05. The molecule has 0 bridgehead atoms. The molecule has 1 N–H and O–H groups in total. The number of benzene rings is 1. The van der Waals surface area contributed by atoms with Crippen molar-refractivity contribution in [2.24, 2.45) is 5.92 Å². The van der Waals surface area contributed by atoms with E-state index >= 15 is 0 Å². The van der Waals surface area contributed by atoms with Crippen molar-refractivity contribution in [3.63, 3.8) is 0 Å². The molecule has 0 radical (unpaired) electrons. The molecule has 1 fully saturated rings. The fourth-order valence-corrected chi connectivity index (χ4v) is 2.68. The SMILES string of the molecule is Clc1ccccc1-n1cc(CC2CCNC2)cn1. The van der Waals surface area contributed by atoms with Crippen LogP contribution in [0, 0.1) is 5.92 Å². The first-order valence-corrected chi connectivity index (χ1v) is 6.70. The van der Waals surface area contributed by atoms with Crippen molar-refractivity contribution in [2.75, 3.05) is 13.1 Å². The van der Waals surface area contributed by atoms with E-state index in [-0.39, 0.29) is 0 Å². The van der Waals surface area contributed by atoms with Crippen LogP contribution in [0.4, 0.5) is 0 Å². The zero-order valence-electron chi connectivity index (χ0n) is 10.1. The van der Waals surface area contributed by atoms with Gasteiger partial charge in [-0.1, -0.05) is 23.7 Å². The van der Waals surface area contributed by atoms with E-state index in [2.05, 4.69) is 16.6 Å². The van der Waals surface area contributed by atoms with Crippen LogP contribution in [0.3, 0.4) is 0 Å². The first-order chi connectivity index (χ1) is 8.83. The Morgan fingerprint density at radius 3 is 3.06 bits per heavy atom. The van der Waals surface area contributed by atoms with Crippen molar-refractivity contribution in [3.05, 3.63) is 47.2 Å². The molecule has 1 atom stereocenters. The van der Waals surface area contributed by atoms with Crippen molar-refractivity contribution in [3.8, 4) is 5.69 Å². The Morgan fingerprint density at radius 2 is 2.28 bits per heavy atom. The maximum absolute atomic E-state index is 6.17. The first kappa shape index (κ1) is 11.8. The van der Waals surface area contributed by atoms with Gasteiger partial charge in [0.25, 0.3) is 0 Å². The van der Waals surface area contributed by atoms with Crippen molar-refractivity contribution >= 4 is 11.6 Å². The molecule has 2 heterocycles. The van der Waals surface area contributed by atoms with Crippen LogP contribution in [-0.4, -0.2) is 22.9 Å². The van der Waals surface area contributed by atoms with Gasteiger partial charge in [0.05, 0.1) is 16.9 Å². The molecular weight excluding hydrogens is 246 g/mol. The van der Waals surface area contributed by atoms with Gasteiger partial charge in [0.2, 0.25) is 0 Å². The summed E-state index contributed by atoms with van der Waals surface area (Å²) in [5.74, 6) is 0.744. The van der Waals surface area contributed by atoms with Gasteiger partial charge in [0, 0.05) is 6.20 Å². The highest BCUT2D eigenvalue weighted by Gasteiger charge is 2.15. The summed E-state index contributed by atoms with van der Waals surface area (Å²) < 4.78 is 1.86. The number of aromatic nitrogens is 2. The second kappa shape index (κ2) is 5.12. The van der Waals surface area contributed by atoms with E-state index < -0.39 is 0 Å². The molecular formula is C14H16ClN3. The van der Waals surface area contributed by atoms with Gasteiger partial charge in [-0.3, -0.25) is 0 Å². The van der Waals surface area contributed by atoms with E-state index in [0.717, 1.165) is 36.1 Å². The fraction of sp³-hybridized carbons (Fsp3) is 0.357. The first-order valence-electron chi connectivity index (χ1n) is 6.32. The third-order valence-electron chi connectivity index (χ3n) is 3.42. The minimum absolute atomic E-state index is 0.731. The van der Waals surface area contributed by atoms with E-state index in [1.54, 1.807) is 0 Å². The van der Waals surface area contributed by atoms with Crippen molar-refractivity contribution < 1.29 is 0 Å². The molecule has 1 unspecified atom stereocenters. The molecule has 2 aromatic rings. The second-order valence-electron chi connectivity index (χ2n) is 4.81. The van der Waals surface area contributed by atoms with E-state index in [1.807, 2.05) is 35.1 Å². The van der Waals surface area contributed by atoms with E-state index in [4.69, 9.17) is 11.6 Å². The molecule has 0 amide bonds. The molecule has 0 aliphatic carbocycles. The summed E-state index contributed by atoms with van der Waals surface area (Å²) in [4.78, 5) is 0.